The molecular weight excluding hydrogens is 232 g/mol. The number of likely N-dealkylation sites (tertiary alicyclic amines) is 1. The summed E-state index contributed by atoms with van der Waals surface area (Å²) in [6.07, 6.45) is 1.25. The van der Waals surface area contributed by atoms with E-state index in [0.29, 0.717) is 13.2 Å². The van der Waals surface area contributed by atoms with Crippen molar-refractivity contribution in [3.05, 3.63) is 0 Å². The summed E-state index contributed by atoms with van der Waals surface area (Å²) in [5.41, 5.74) is 0. The summed E-state index contributed by atoms with van der Waals surface area (Å²) in [7, 11) is 0. The van der Waals surface area contributed by atoms with Crippen LogP contribution < -0.4 is 5.32 Å². The van der Waals surface area contributed by atoms with Crippen LogP contribution in [0.25, 0.3) is 0 Å². The van der Waals surface area contributed by atoms with E-state index in [1.54, 1.807) is 0 Å². The molecule has 0 aromatic heterocycles. The SMILES string of the molecule is CCC(C)N1C(=O)CC(NCCOC(C)C)C1=O. The fourth-order valence-corrected chi connectivity index (χ4v) is 1.98. The molecule has 0 aromatic rings. The molecule has 18 heavy (non-hydrogen) atoms. The Bertz CT molecular complexity index is 305. The molecule has 0 bridgehead atoms. The smallest absolute Gasteiger partial charge is 0.247 e. The molecule has 5 heteroatoms. The molecule has 1 aliphatic rings. The van der Waals surface area contributed by atoms with Crippen molar-refractivity contribution in [1.82, 2.24) is 10.2 Å². The lowest BCUT2D eigenvalue weighted by Gasteiger charge is -2.21. The van der Waals surface area contributed by atoms with Crippen molar-refractivity contribution in [3.8, 4) is 0 Å². The van der Waals surface area contributed by atoms with Crippen molar-refractivity contribution >= 4 is 11.8 Å². The number of hydrogen-bond acceptors (Lipinski definition) is 4. The first-order chi connectivity index (χ1) is 8.47. The Hall–Kier alpha value is -0.940. The molecule has 1 saturated heterocycles. The van der Waals surface area contributed by atoms with Crippen molar-refractivity contribution in [2.24, 2.45) is 0 Å². The maximum absolute atomic E-state index is 12.0. The summed E-state index contributed by atoms with van der Waals surface area (Å²) >= 11 is 0. The number of amides is 2. The van der Waals surface area contributed by atoms with Crippen LogP contribution in [0.3, 0.4) is 0 Å². The lowest BCUT2D eigenvalue weighted by molar-refractivity contribution is -0.141. The molecule has 0 saturated carbocycles. The van der Waals surface area contributed by atoms with Gasteiger partial charge in [-0.3, -0.25) is 14.5 Å². The number of rotatable bonds is 7. The molecule has 2 atom stereocenters. The highest BCUT2D eigenvalue weighted by Gasteiger charge is 2.40. The molecule has 5 nitrogen and oxygen atoms in total. The van der Waals surface area contributed by atoms with Crippen molar-refractivity contribution in [3.63, 3.8) is 0 Å². The maximum atomic E-state index is 12.0. The van der Waals surface area contributed by atoms with Crippen LogP contribution in [-0.4, -0.2) is 48.1 Å². The van der Waals surface area contributed by atoms with Crippen molar-refractivity contribution < 1.29 is 14.3 Å². The van der Waals surface area contributed by atoms with Gasteiger partial charge in [-0.25, -0.2) is 0 Å². The van der Waals surface area contributed by atoms with Crippen molar-refractivity contribution in [2.75, 3.05) is 13.2 Å². The molecule has 1 rings (SSSR count). The first-order valence-electron chi connectivity index (χ1n) is 6.68. The first kappa shape index (κ1) is 15.1. The van der Waals surface area contributed by atoms with E-state index in [1.165, 1.54) is 4.90 Å². The second-order valence-electron chi connectivity index (χ2n) is 4.99. The number of ether oxygens (including phenoxy) is 1. The maximum Gasteiger partial charge on any atom is 0.247 e. The number of nitrogens with one attached hydrogen (secondary N) is 1. The van der Waals surface area contributed by atoms with E-state index in [1.807, 2.05) is 27.7 Å². The minimum Gasteiger partial charge on any atom is -0.377 e. The molecule has 0 aliphatic carbocycles. The molecule has 2 unspecified atom stereocenters. The monoisotopic (exact) mass is 256 g/mol. The second-order valence-corrected chi connectivity index (χ2v) is 4.99. The van der Waals surface area contributed by atoms with Gasteiger partial charge in [0, 0.05) is 12.6 Å². The van der Waals surface area contributed by atoms with E-state index < -0.39 is 0 Å². The summed E-state index contributed by atoms with van der Waals surface area (Å²) in [5.74, 6) is -0.171. The van der Waals surface area contributed by atoms with Crippen LogP contribution in [0.2, 0.25) is 0 Å². The van der Waals surface area contributed by atoms with Gasteiger partial charge in [-0.15, -0.1) is 0 Å². The van der Waals surface area contributed by atoms with Crippen LogP contribution in [0.4, 0.5) is 0 Å². The third-order valence-corrected chi connectivity index (χ3v) is 3.16. The first-order valence-corrected chi connectivity index (χ1v) is 6.68. The topological polar surface area (TPSA) is 58.6 Å². The molecule has 104 valence electrons. The summed E-state index contributed by atoms with van der Waals surface area (Å²) in [5, 5.41) is 3.09. The van der Waals surface area contributed by atoms with Crippen LogP contribution in [0.5, 0.6) is 0 Å². The molecule has 0 aromatic carbocycles. The average molecular weight is 256 g/mol. The Kier molecular flexibility index (Phi) is 5.75. The van der Waals surface area contributed by atoms with Gasteiger partial charge in [0.05, 0.1) is 25.2 Å². The molecule has 1 aliphatic heterocycles. The zero-order valence-electron chi connectivity index (χ0n) is 11.7. The number of nitrogens with zero attached hydrogens (tertiary/aromatic N) is 1. The Balaban J connectivity index is 2.41. The van der Waals surface area contributed by atoms with Gasteiger partial charge < -0.3 is 10.1 Å². The predicted molar refractivity (Wildman–Crippen MR) is 69.1 cm³/mol. The van der Waals surface area contributed by atoms with Gasteiger partial charge in [0.2, 0.25) is 11.8 Å². The summed E-state index contributed by atoms with van der Waals surface area (Å²) in [6, 6.07) is -0.383. The number of carbonyl (C=O) groups excluding carboxylic acids is 2. The van der Waals surface area contributed by atoms with E-state index >= 15 is 0 Å². The van der Waals surface area contributed by atoms with Gasteiger partial charge in [0.25, 0.3) is 0 Å². The molecule has 0 spiro atoms. The van der Waals surface area contributed by atoms with Crippen molar-refractivity contribution in [2.45, 2.75) is 58.7 Å². The van der Waals surface area contributed by atoms with Gasteiger partial charge in [0.15, 0.2) is 0 Å². The normalized spacial score (nSPS) is 22.1. The highest BCUT2D eigenvalue weighted by Crippen LogP contribution is 2.17. The Morgan fingerprint density at radius 2 is 2.06 bits per heavy atom. The number of carbonyl (C=O) groups is 2. The average Bonchev–Trinajstić information content (AvgIpc) is 2.59. The van der Waals surface area contributed by atoms with Crippen LogP contribution >= 0.6 is 0 Å². The zero-order valence-corrected chi connectivity index (χ0v) is 11.7. The second kappa shape index (κ2) is 6.85. The third-order valence-electron chi connectivity index (χ3n) is 3.16. The van der Waals surface area contributed by atoms with E-state index in [9.17, 15) is 9.59 Å². The van der Waals surface area contributed by atoms with Gasteiger partial charge in [0.1, 0.15) is 0 Å². The Labute approximate surface area is 109 Å². The highest BCUT2D eigenvalue weighted by molar-refractivity contribution is 6.05. The van der Waals surface area contributed by atoms with Gasteiger partial charge in [-0.2, -0.15) is 0 Å². The fraction of sp³-hybridized carbons (Fsp3) is 0.846. The van der Waals surface area contributed by atoms with Crippen LogP contribution in [-0.2, 0) is 14.3 Å². The number of hydrogen-bond donors (Lipinski definition) is 1. The van der Waals surface area contributed by atoms with Gasteiger partial charge in [-0.1, -0.05) is 6.92 Å². The van der Waals surface area contributed by atoms with E-state index in [4.69, 9.17) is 4.74 Å². The summed E-state index contributed by atoms with van der Waals surface area (Å²) < 4.78 is 5.39. The van der Waals surface area contributed by atoms with Crippen LogP contribution in [0, 0.1) is 0 Å². The quantitative estimate of drug-likeness (QED) is 0.544. The Morgan fingerprint density at radius 3 is 2.61 bits per heavy atom. The molecule has 1 N–H and O–H groups in total. The Morgan fingerprint density at radius 1 is 1.39 bits per heavy atom. The molecular formula is C13H24N2O3. The fourth-order valence-electron chi connectivity index (χ4n) is 1.98. The van der Waals surface area contributed by atoms with E-state index in [2.05, 4.69) is 5.32 Å². The largest absolute Gasteiger partial charge is 0.377 e. The standard InChI is InChI=1S/C13H24N2O3/c1-5-10(4)15-12(16)8-11(13(15)17)14-6-7-18-9(2)3/h9-11,14H,5-8H2,1-4H3. The molecule has 1 heterocycles. The molecule has 1 fully saturated rings. The van der Waals surface area contributed by atoms with Gasteiger partial charge >= 0.3 is 0 Å². The number of imide groups is 1. The van der Waals surface area contributed by atoms with E-state index in [0.717, 1.165) is 6.42 Å². The molecule has 2 amide bonds. The minimum absolute atomic E-state index is 0.0104. The molecule has 0 radical (unpaired) electrons. The lowest BCUT2D eigenvalue weighted by Crippen LogP contribution is -2.43. The highest BCUT2D eigenvalue weighted by atomic mass is 16.5. The third kappa shape index (κ3) is 3.78. The van der Waals surface area contributed by atoms with Gasteiger partial charge in [-0.05, 0) is 27.2 Å². The summed E-state index contributed by atoms with van der Waals surface area (Å²) in [6.45, 7) is 8.96. The van der Waals surface area contributed by atoms with Crippen LogP contribution in [0.1, 0.15) is 40.5 Å². The minimum atomic E-state index is -0.373. The summed E-state index contributed by atoms with van der Waals surface area (Å²) in [4.78, 5) is 25.2. The van der Waals surface area contributed by atoms with Crippen molar-refractivity contribution in [1.29, 1.82) is 0 Å². The zero-order chi connectivity index (χ0) is 13.7. The van der Waals surface area contributed by atoms with Crippen LogP contribution in [0.15, 0.2) is 0 Å². The van der Waals surface area contributed by atoms with E-state index in [-0.39, 0.29) is 36.4 Å². The predicted octanol–water partition coefficient (Wildman–Crippen LogP) is 0.927. The lowest BCUT2D eigenvalue weighted by atomic mass is 10.2.